The summed E-state index contributed by atoms with van der Waals surface area (Å²) < 4.78 is 13.1. The molecular weight excluding hydrogens is 432 g/mol. The summed E-state index contributed by atoms with van der Waals surface area (Å²) in [5.41, 5.74) is 0.450. The first kappa shape index (κ1) is 23.2. The van der Waals surface area contributed by atoms with Crippen LogP contribution in [0.4, 0.5) is 0 Å². The highest BCUT2D eigenvalue weighted by atomic mass is 16.5. The molecule has 184 valence electrons. The van der Waals surface area contributed by atoms with E-state index < -0.39 is 5.54 Å². The van der Waals surface area contributed by atoms with Gasteiger partial charge in [0.2, 0.25) is 5.91 Å². The van der Waals surface area contributed by atoms with Crippen molar-refractivity contribution in [2.75, 3.05) is 39.4 Å². The molecule has 1 N–H and O–H groups in total. The molecule has 8 heteroatoms. The van der Waals surface area contributed by atoms with E-state index >= 15 is 0 Å². The molecule has 1 saturated heterocycles. The number of nitrogens with zero attached hydrogens (tertiary/aromatic N) is 3. The average molecular weight is 469 g/mol. The van der Waals surface area contributed by atoms with Gasteiger partial charge in [-0.15, -0.1) is 0 Å². The monoisotopic (exact) mass is 468 g/mol. The largest absolute Gasteiger partial charge is 0.463 e. The Morgan fingerprint density at radius 3 is 2.50 bits per heavy atom. The van der Waals surface area contributed by atoms with E-state index in [9.17, 15) is 9.59 Å². The van der Waals surface area contributed by atoms with Gasteiger partial charge in [-0.25, -0.2) is 0 Å². The van der Waals surface area contributed by atoms with Crippen molar-refractivity contribution in [1.29, 1.82) is 0 Å². The van der Waals surface area contributed by atoms with Crippen molar-refractivity contribution in [3.8, 4) is 11.5 Å². The van der Waals surface area contributed by atoms with E-state index in [1.54, 1.807) is 11.2 Å². The number of ether oxygens (including phenoxy) is 1. The fraction of sp³-hybridized carbons (Fsp3) is 0.615. The van der Waals surface area contributed by atoms with Crippen molar-refractivity contribution in [2.45, 2.75) is 63.6 Å². The van der Waals surface area contributed by atoms with Gasteiger partial charge < -0.3 is 23.9 Å². The van der Waals surface area contributed by atoms with E-state index in [1.807, 2.05) is 35.8 Å². The quantitative estimate of drug-likeness (QED) is 0.659. The number of furan rings is 1. The van der Waals surface area contributed by atoms with E-state index in [0.717, 1.165) is 51.0 Å². The second-order valence-electron chi connectivity index (χ2n) is 10.0. The van der Waals surface area contributed by atoms with Gasteiger partial charge in [0.1, 0.15) is 17.0 Å². The zero-order chi connectivity index (χ0) is 23.5. The molecule has 2 aliphatic heterocycles. The second-order valence-corrected chi connectivity index (χ2v) is 10.0. The Labute approximate surface area is 201 Å². The van der Waals surface area contributed by atoms with Crippen LogP contribution in [0, 0.1) is 0 Å². The number of nitrogens with one attached hydrogen (secondary N) is 1. The lowest BCUT2D eigenvalue weighted by molar-refractivity contribution is -0.133. The van der Waals surface area contributed by atoms with E-state index in [0.29, 0.717) is 37.8 Å². The summed E-state index contributed by atoms with van der Waals surface area (Å²) in [4.78, 5) is 31.8. The highest BCUT2D eigenvalue weighted by Gasteiger charge is 2.48. The molecule has 0 radical (unpaired) electrons. The Hall–Kier alpha value is -2.58. The average Bonchev–Trinajstić information content (AvgIpc) is 3.44. The Kier molecular flexibility index (Phi) is 6.79. The Morgan fingerprint density at radius 2 is 1.79 bits per heavy atom. The van der Waals surface area contributed by atoms with Crippen molar-refractivity contribution >= 4 is 11.8 Å². The number of hydrogen-bond acceptors (Lipinski definition) is 5. The third-order valence-electron chi connectivity index (χ3n) is 7.70. The molecule has 2 aromatic heterocycles. The highest BCUT2D eigenvalue weighted by Crippen LogP contribution is 2.33. The summed E-state index contributed by atoms with van der Waals surface area (Å²) in [6.45, 7) is 6.69. The summed E-state index contributed by atoms with van der Waals surface area (Å²) in [5, 5.41) is 3.33. The predicted octanol–water partition coefficient (Wildman–Crippen LogP) is 3.13. The van der Waals surface area contributed by atoms with Crippen LogP contribution in [0.25, 0.3) is 11.5 Å². The highest BCUT2D eigenvalue weighted by molar-refractivity contribution is 6.00. The smallest absolute Gasteiger partial charge is 0.271 e. The van der Waals surface area contributed by atoms with Gasteiger partial charge in [0.15, 0.2) is 0 Å². The normalized spacial score (nSPS) is 24.6. The van der Waals surface area contributed by atoms with E-state index in [-0.39, 0.29) is 17.9 Å². The molecule has 3 aliphatic rings. The lowest BCUT2D eigenvalue weighted by Gasteiger charge is -2.45. The van der Waals surface area contributed by atoms with Crippen molar-refractivity contribution in [2.24, 2.45) is 0 Å². The maximum absolute atomic E-state index is 13.9. The van der Waals surface area contributed by atoms with Crippen LogP contribution in [0.2, 0.25) is 0 Å². The molecule has 8 nitrogen and oxygen atoms in total. The molecule has 1 aliphatic carbocycles. The number of morpholine rings is 1. The van der Waals surface area contributed by atoms with Gasteiger partial charge in [-0.3, -0.25) is 14.5 Å². The molecular formula is C26H36N4O4. The summed E-state index contributed by atoms with van der Waals surface area (Å²) in [6, 6.07) is 7.68. The molecule has 2 amide bonds. The van der Waals surface area contributed by atoms with Gasteiger partial charge in [-0.05, 0) is 44.0 Å². The zero-order valence-corrected chi connectivity index (χ0v) is 20.1. The molecule has 0 aromatic carbocycles. The minimum atomic E-state index is -0.983. The molecule has 2 fully saturated rings. The fourth-order valence-corrected chi connectivity index (χ4v) is 5.59. The Balaban J connectivity index is 1.43. The van der Waals surface area contributed by atoms with Crippen molar-refractivity contribution in [3.63, 3.8) is 0 Å². The molecule has 1 saturated carbocycles. The summed E-state index contributed by atoms with van der Waals surface area (Å²) >= 11 is 0. The van der Waals surface area contributed by atoms with Gasteiger partial charge >= 0.3 is 0 Å². The van der Waals surface area contributed by atoms with E-state index in [2.05, 4.69) is 10.2 Å². The fourth-order valence-electron chi connectivity index (χ4n) is 5.59. The van der Waals surface area contributed by atoms with E-state index in [4.69, 9.17) is 9.15 Å². The van der Waals surface area contributed by atoms with E-state index in [1.165, 1.54) is 12.8 Å². The second kappa shape index (κ2) is 9.96. The molecule has 5 rings (SSSR count). The van der Waals surface area contributed by atoms with Crippen LogP contribution in [0.1, 0.15) is 55.9 Å². The van der Waals surface area contributed by atoms with Crippen molar-refractivity contribution in [3.05, 3.63) is 36.2 Å². The van der Waals surface area contributed by atoms with Gasteiger partial charge in [0, 0.05) is 32.2 Å². The standard InChI is InChI=1S/C26H36N4O4/c1-26(25(32)27-20-7-4-2-3-5-8-20)19-29-21(23-9-6-16-34-23)10-11-22(29)24(31)30(26)13-12-28-14-17-33-18-15-28/h6,9-11,16,20H,2-5,7-8,12-15,17-19H2,1H3,(H,27,32)/t26-/m1/s1. The van der Waals surface area contributed by atoms with Gasteiger partial charge in [0.25, 0.3) is 5.91 Å². The lowest BCUT2D eigenvalue weighted by atomic mass is 9.93. The van der Waals surface area contributed by atoms with Crippen molar-refractivity contribution < 1.29 is 18.7 Å². The molecule has 0 unspecified atom stereocenters. The van der Waals surface area contributed by atoms with Crippen LogP contribution in [-0.2, 0) is 16.1 Å². The van der Waals surface area contributed by atoms with Gasteiger partial charge in [-0.1, -0.05) is 25.7 Å². The molecule has 4 heterocycles. The van der Waals surface area contributed by atoms with Crippen LogP contribution in [-0.4, -0.2) is 77.2 Å². The Morgan fingerprint density at radius 1 is 1.06 bits per heavy atom. The summed E-state index contributed by atoms with van der Waals surface area (Å²) in [6.07, 6.45) is 8.40. The first-order valence-electron chi connectivity index (χ1n) is 12.7. The van der Waals surface area contributed by atoms with Crippen molar-refractivity contribution in [1.82, 2.24) is 19.7 Å². The van der Waals surface area contributed by atoms with Crippen LogP contribution >= 0.6 is 0 Å². The maximum atomic E-state index is 13.9. The third kappa shape index (κ3) is 4.53. The number of carbonyl (C=O) groups excluding carboxylic acids is 2. The summed E-state index contributed by atoms with van der Waals surface area (Å²) in [7, 11) is 0. The van der Waals surface area contributed by atoms with Crippen LogP contribution in [0.15, 0.2) is 34.9 Å². The molecule has 0 bridgehead atoms. The first-order chi connectivity index (χ1) is 16.6. The SMILES string of the molecule is C[C@]1(C(=O)NC2CCCCCC2)Cn2c(ccc2-c2ccco2)C(=O)N1CCN1CCOCC1. The predicted molar refractivity (Wildman–Crippen MR) is 128 cm³/mol. The number of aromatic nitrogens is 1. The topological polar surface area (TPSA) is 80.0 Å². The summed E-state index contributed by atoms with van der Waals surface area (Å²) in [5.74, 6) is 0.544. The maximum Gasteiger partial charge on any atom is 0.271 e. The molecule has 0 spiro atoms. The Bertz CT molecular complexity index is 987. The number of fused-ring (bicyclic) bond motifs is 1. The number of hydrogen-bond donors (Lipinski definition) is 1. The van der Waals surface area contributed by atoms with Crippen LogP contribution in [0.5, 0.6) is 0 Å². The minimum Gasteiger partial charge on any atom is -0.463 e. The van der Waals surface area contributed by atoms with Gasteiger partial charge in [-0.2, -0.15) is 0 Å². The number of amides is 2. The molecule has 2 aromatic rings. The van der Waals surface area contributed by atoms with Crippen LogP contribution < -0.4 is 5.32 Å². The molecule has 1 atom stereocenters. The zero-order valence-electron chi connectivity index (χ0n) is 20.1. The first-order valence-corrected chi connectivity index (χ1v) is 12.7. The number of rotatable bonds is 6. The third-order valence-corrected chi connectivity index (χ3v) is 7.70. The lowest BCUT2D eigenvalue weighted by Crippen LogP contribution is -2.66. The van der Waals surface area contributed by atoms with Gasteiger partial charge in [0.05, 0.1) is 31.7 Å². The van der Waals surface area contributed by atoms with Crippen LogP contribution in [0.3, 0.4) is 0 Å². The number of carbonyl (C=O) groups is 2. The molecule has 34 heavy (non-hydrogen) atoms. The minimum absolute atomic E-state index is 0.0560.